The molecular weight excluding hydrogens is 720 g/mol. The van der Waals surface area contributed by atoms with E-state index in [1.54, 1.807) is 20.8 Å². The highest BCUT2D eigenvalue weighted by atomic mass is 35.5. The van der Waals surface area contributed by atoms with Gasteiger partial charge in [0.15, 0.2) is 0 Å². The summed E-state index contributed by atoms with van der Waals surface area (Å²) >= 11 is 0. The molecule has 300 valence electrons. The topological polar surface area (TPSA) is 194 Å². The molecule has 3 amide bonds. The molecule has 2 aliphatic rings. The van der Waals surface area contributed by atoms with E-state index in [1.807, 2.05) is 60.7 Å². The molecule has 14 nitrogen and oxygen atoms in total. The maximum atomic E-state index is 12.6. The van der Waals surface area contributed by atoms with Gasteiger partial charge in [-0.15, -0.1) is 12.4 Å². The van der Waals surface area contributed by atoms with E-state index in [-0.39, 0.29) is 50.9 Å². The molecular formula is C39H57ClN4O10. The van der Waals surface area contributed by atoms with Crippen LogP contribution >= 0.6 is 12.4 Å². The Labute approximate surface area is 324 Å². The Morgan fingerprint density at radius 1 is 0.648 bits per heavy atom. The molecule has 2 aliphatic carbocycles. The number of nitrogens with one attached hydrogen (secondary N) is 3. The summed E-state index contributed by atoms with van der Waals surface area (Å²) in [5, 5.41) is 7.46. The first-order valence-electron chi connectivity index (χ1n) is 18.4. The van der Waals surface area contributed by atoms with Crippen molar-refractivity contribution in [3.63, 3.8) is 0 Å². The minimum absolute atomic E-state index is 0. The van der Waals surface area contributed by atoms with Crippen LogP contribution in [0.25, 0.3) is 0 Å². The van der Waals surface area contributed by atoms with Crippen LogP contribution in [0.5, 0.6) is 0 Å². The zero-order valence-electron chi connectivity index (χ0n) is 31.6. The van der Waals surface area contributed by atoms with E-state index in [0.717, 1.165) is 68.9 Å². The second-order valence-corrected chi connectivity index (χ2v) is 14.0. The minimum Gasteiger partial charge on any atom is -0.461 e. The molecule has 5 N–H and O–H groups in total. The van der Waals surface area contributed by atoms with Crippen LogP contribution in [0.4, 0.5) is 14.4 Å². The maximum Gasteiger partial charge on any atom is 0.408 e. The highest BCUT2D eigenvalue weighted by Crippen LogP contribution is 2.21. The third-order valence-electron chi connectivity index (χ3n) is 8.33. The molecule has 0 heterocycles. The predicted molar refractivity (Wildman–Crippen MR) is 204 cm³/mol. The van der Waals surface area contributed by atoms with E-state index in [2.05, 4.69) is 16.0 Å². The largest absolute Gasteiger partial charge is 0.461 e. The summed E-state index contributed by atoms with van der Waals surface area (Å²) in [6, 6.07) is 16.6. The zero-order chi connectivity index (χ0) is 38.5. The van der Waals surface area contributed by atoms with Gasteiger partial charge in [0.05, 0.1) is 6.54 Å². The van der Waals surface area contributed by atoms with E-state index < -0.39 is 47.9 Å². The molecule has 2 fully saturated rings. The lowest BCUT2D eigenvalue weighted by Gasteiger charge is -2.25. The molecule has 54 heavy (non-hydrogen) atoms. The van der Waals surface area contributed by atoms with Gasteiger partial charge in [0, 0.05) is 6.54 Å². The number of hydrogen-bond acceptors (Lipinski definition) is 11. The maximum absolute atomic E-state index is 12.6. The van der Waals surface area contributed by atoms with E-state index in [1.165, 1.54) is 6.42 Å². The van der Waals surface area contributed by atoms with Crippen LogP contribution in [0.15, 0.2) is 60.7 Å². The van der Waals surface area contributed by atoms with Crippen molar-refractivity contribution in [2.75, 3.05) is 13.1 Å². The van der Waals surface area contributed by atoms with Gasteiger partial charge in [-0.3, -0.25) is 0 Å². The van der Waals surface area contributed by atoms with Gasteiger partial charge in [-0.25, -0.2) is 24.0 Å². The lowest BCUT2D eigenvalue weighted by Crippen LogP contribution is -2.50. The zero-order valence-corrected chi connectivity index (χ0v) is 32.4. The van der Waals surface area contributed by atoms with Crippen molar-refractivity contribution >= 4 is 42.6 Å². The summed E-state index contributed by atoms with van der Waals surface area (Å²) in [7, 11) is 0. The summed E-state index contributed by atoms with van der Waals surface area (Å²) in [5.74, 6) is -1.09. The van der Waals surface area contributed by atoms with Gasteiger partial charge in [-0.1, -0.05) is 73.5 Å². The number of carbonyl (C=O) groups excluding carboxylic acids is 5. The molecule has 2 aromatic carbocycles. The number of benzene rings is 2. The van der Waals surface area contributed by atoms with Crippen LogP contribution in [-0.2, 0) is 46.5 Å². The van der Waals surface area contributed by atoms with Gasteiger partial charge in [0.25, 0.3) is 0 Å². The van der Waals surface area contributed by atoms with Gasteiger partial charge >= 0.3 is 30.2 Å². The molecule has 2 atom stereocenters. The average molecular weight is 777 g/mol. The number of ether oxygens (including phenoxy) is 5. The molecule has 15 heteroatoms. The van der Waals surface area contributed by atoms with Gasteiger partial charge in [0.2, 0.25) is 0 Å². The third kappa shape index (κ3) is 19.0. The van der Waals surface area contributed by atoms with E-state index in [0.29, 0.717) is 0 Å². The monoisotopic (exact) mass is 776 g/mol. The van der Waals surface area contributed by atoms with Crippen molar-refractivity contribution in [3.05, 3.63) is 71.8 Å². The first-order valence-corrected chi connectivity index (χ1v) is 18.4. The molecule has 2 saturated carbocycles. The number of alkyl carbamates (subject to hydrolysis) is 3. The summed E-state index contributed by atoms with van der Waals surface area (Å²) in [5.41, 5.74) is 6.58. The van der Waals surface area contributed by atoms with Gasteiger partial charge in [-0.05, 0) is 83.3 Å². The number of carbonyl (C=O) groups is 5. The second-order valence-electron chi connectivity index (χ2n) is 14.0. The number of esters is 2. The Hall–Kier alpha value is -4.56. The van der Waals surface area contributed by atoms with Crippen molar-refractivity contribution in [1.82, 2.24) is 16.0 Å². The predicted octanol–water partition coefficient (Wildman–Crippen LogP) is 6.22. The van der Waals surface area contributed by atoms with Crippen LogP contribution in [-0.4, -0.2) is 73.2 Å². The van der Waals surface area contributed by atoms with Crippen LogP contribution in [0.1, 0.15) is 96.1 Å². The highest BCUT2D eigenvalue weighted by Gasteiger charge is 2.29. The molecule has 0 aromatic heterocycles. The summed E-state index contributed by atoms with van der Waals surface area (Å²) in [6.45, 7) is 5.23. The van der Waals surface area contributed by atoms with Crippen LogP contribution in [0, 0.1) is 0 Å². The lowest BCUT2D eigenvalue weighted by atomic mass is 9.98. The van der Waals surface area contributed by atoms with E-state index in [9.17, 15) is 24.0 Å². The lowest BCUT2D eigenvalue weighted by molar-refractivity contribution is -0.153. The van der Waals surface area contributed by atoms with Gasteiger partial charge in [-0.2, -0.15) is 0 Å². The smallest absolute Gasteiger partial charge is 0.408 e. The Morgan fingerprint density at radius 2 is 1.06 bits per heavy atom. The van der Waals surface area contributed by atoms with E-state index in [4.69, 9.17) is 29.4 Å². The van der Waals surface area contributed by atoms with Crippen LogP contribution in [0.2, 0.25) is 0 Å². The first kappa shape index (κ1) is 45.6. The molecule has 0 unspecified atom stereocenters. The van der Waals surface area contributed by atoms with Gasteiger partial charge < -0.3 is 45.4 Å². The van der Waals surface area contributed by atoms with Crippen molar-refractivity contribution in [3.8, 4) is 0 Å². The van der Waals surface area contributed by atoms with Crippen LogP contribution < -0.4 is 21.7 Å². The molecule has 0 bridgehead atoms. The van der Waals surface area contributed by atoms with Crippen LogP contribution in [0.3, 0.4) is 0 Å². The molecule has 0 radical (unpaired) electrons. The highest BCUT2D eigenvalue weighted by molar-refractivity contribution is 5.85. The molecule has 0 aliphatic heterocycles. The summed E-state index contributed by atoms with van der Waals surface area (Å²) in [6.07, 6.45) is 7.45. The summed E-state index contributed by atoms with van der Waals surface area (Å²) in [4.78, 5) is 60.7. The minimum atomic E-state index is -1.08. The van der Waals surface area contributed by atoms with E-state index >= 15 is 0 Å². The third-order valence-corrected chi connectivity index (χ3v) is 8.33. The Bertz CT molecular complexity index is 1420. The van der Waals surface area contributed by atoms with Crippen molar-refractivity contribution < 1.29 is 47.7 Å². The molecule has 4 rings (SSSR count). The number of hydrogen-bond donors (Lipinski definition) is 4. The number of halogens is 1. The number of nitrogens with two attached hydrogens (primary N) is 1. The normalized spacial score (nSPS) is 15.6. The standard InChI is InChI=1S/C22H32N2O6.C17H24N2O4.ClH/c1-22(2,3)30-20(26)23-14-18(19(25)29-17-12-8-5-9-13-17)24-21(27)28-15-16-10-6-4-7-11-16;18-11-15(16(20)23-14-9-5-2-6-10-14)19-17(21)22-12-13-7-3-1-4-8-13;/h4,6-7,10-11,17-18H,5,8-9,12-15H2,1-3H3,(H,23,26)(H,24,27);1,3-4,7-8,14-15H,2,5-6,9-12,18H2,(H,19,21);1H/t18-;15-;/m11./s1. The second kappa shape index (κ2) is 24.7. The Morgan fingerprint density at radius 3 is 1.46 bits per heavy atom. The van der Waals surface area contributed by atoms with Gasteiger partial charge in [0.1, 0.15) is 43.1 Å². The average Bonchev–Trinajstić information content (AvgIpc) is 3.15. The van der Waals surface area contributed by atoms with Crippen molar-refractivity contribution in [1.29, 1.82) is 0 Å². The Kier molecular flexibility index (Phi) is 20.9. The quantitative estimate of drug-likeness (QED) is 0.133. The Balaban J connectivity index is 0.000000379. The number of amides is 3. The molecule has 0 spiro atoms. The first-order chi connectivity index (χ1) is 25.4. The fourth-order valence-corrected chi connectivity index (χ4v) is 5.58. The number of rotatable bonds is 13. The fourth-order valence-electron chi connectivity index (χ4n) is 5.58. The molecule has 2 aromatic rings. The summed E-state index contributed by atoms with van der Waals surface area (Å²) < 4.78 is 26.4. The SMILES string of the molecule is CC(C)(C)OC(=O)NC[C@@H](NC(=O)OCc1ccccc1)C(=O)OC1CCCCC1.Cl.NC[C@@H](NC(=O)OCc1ccccc1)C(=O)OC1CCCCC1. The van der Waals surface area contributed by atoms with Crippen molar-refractivity contribution in [2.45, 2.75) is 128 Å². The molecule has 0 saturated heterocycles. The fraction of sp³-hybridized carbons (Fsp3) is 0.564. The van der Waals surface area contributed by atoms with Crippen molar-refractivity contribution in [2.24, 2.45) is 5.73 Å².